The van der Waals surface area contributed by atoms with Crippen molar-refractivity contribution in [2.24, 2.45) is 0 Å². The van der Waals surface area contributed by atoms with Crippen LogP contribution in [-0.4, -0.2) is 12.1 Å². The molecule has 2 aromatic rings. The zero-order chi connectivity index (χ0) is 14.4. The minimum atomic E-state index is -0.809. The van der Waals surface area contributed by atoms with Crippen molar-refractivity contribution in [3.8, 4) is 11.8 Å². The van der Waals surface area contributed by atoms with Gasteiger partial charge in [-0.2, -0.15) is 5.26 Å². The van der Waals surface area contributed by atoms with Crippen molar-refractivity contribution < 1.29 is 18.7 Å². The van der Waals surface area contributed by atoms with Crippen molar-refractivity contribution in [2.45, 2.75) is 19.6 Å². The summed E-state index contributed by atoms with van der Waals surface area (Å²) >= 11 is 0. The maximum absolute atomic E-state index is 11.6. The first-order chi connectivity index (χ1) is 9.69. The number of esters is 1. The zero-order valence-corrected chi connectivity index (χ0v) is 10.9. The van der Waals surface area contributed by atoms with Gasteiger partial charge in [-0.1, -0.05) is 18.2 Å². The van der Waals surface area contributed by atoms with E-state index >= 15 is 0 Å². The maximum Gasteiger partial charge on any atom is 0.375 e. The molecule has 5 nitrogen and oxygen atoms in total. The van der Waals surface area contributed by atoms with Gasteiger partial charge in [0.05, 0.1) is 0 Å². The van der Waals surface area contributed by atoms with Crippen molar-refractivity contribution in [2.75, 3.05) is 0 Å². The lowest BCUT2D eigenvalue weighted by Crippen LogP contribution is -2.12. The highest BCUT2D eigenvalue weighted by Crippen LogP contribution is 2.14. The van der Waals surface area contributed by atoms with Gasteiger partial charge in [-0.05, 0) is 31.2 Å². The molecule has 20 heavy (non-hydrogen) atoms. The number of carbonyl (C=O) groups excluding carboxylic acids is 1. The summed E-state index contributed by atoms with van der Waals surface area (Å²) in [5.41, 5.74) is 0. The Morgan fingerprint density at radius 2 is 2.05 bits per heavy atom. The first-order valence-corrected chi connectivity index (χ1v) is 6.06. The van der Waals surface area contributed by atoms with E-state index < -0.39 is 12.1 Å². The molecule has 0 N–H and O–H groups in total. The summed E-state index contributed by atoms with van der Waals surface area (Å²) in [6.45, 7) is 1.70. The third kappa shape index (κ3) is 3.62. The standard InChI is InChI=1S/C15H13NO4/c1-11(9-16)19-15(17)14-8-7-13(20-14)10-18-12-5-3-2-4-6-12/h2-8,11H,10H2,1H3. The van der Waals surface area contributed by atoms with Crippen molar-refractivity contribution in [3.63, 3.8) is 0 Å². The topological polar surface area (TPSA) is 72.5 Å². The zero-order valence-electron chi connectivity index (χ0n) is 10.9. The molecule has 1 aromatic carbocycles. The molecule has 0 bridgehead atoms. The molecule has 102 valence electrons. The van der Waals surface area contributed by atoms with Crippen LogP contribution in [0.15, 0.2) is 46.9 Å². The molecule has 5 heteroatoms. The van der Waals surface area contributed by atoms with E-state index in [1.807, 2.05) is 36.4 Å². The molecule has 2 rings (SSSR count). The molecule has 1 aromatic heterocycles. The minimum Gasteiger partial charge on any atom is -0.486 e. The number of ether oxygens (including phenoxy) is 2. The number of para-hydroxylation sites is 1. The summed E-state index contributed by atoms with van der Waals surface area (Å²) in [5.74, 6) is 0.611. The van der Waals surface area contributed by atoms with Crippen molar-refractivity contribution in [3.05, 3.63) is 54.0 Å². The molecule has 0 radical (unpaired) electrons. The normalized spacial score (nSPS) is 11.4. The summed E-state index contributed by atoms with van der Waals surface area (Å²) in [4.78, 5) is 11.6. The number of benzene rings is 1. The third-order valence-electron chi connectivity index (χ3n) is 2.45. The lowest BCUT2D eigenvalue weighted by atomic mass is 10.3. The van der Waals surface area contributed by atoms with Gasteiger partial charge < -0.3 is 13.9 Å². The number of nitrogens with zero attached hydrogens (tertiary/aromatic N) is 1. The average molecular weight is 271 g/mol. The van der Waals surface area contributed by atoms with Gasteiger partial charge >= 0.3 is 5.97 Å². The van der Waals surface area contributed by atoms with E-state index in [1.54, 1.807) is 6.07 Å². The lowest BCUT2D eigenvalue weighted by Gasteiger charge is -2.04. The smallest absolute Gasteiger partial charge is 0.375 e. The second-order valence-electron chi connectivity index (χ2n) is 4.04. The predicted molar refractivity (Wildman–Crippen MR) is 70.0 cm³/mol. The van der Waals surface area contributed by atoms with Gasteiger partial charge in [0.25, 0.3) is 0 Å². The van der Waals surface area contributed by atoms with Crippen LogP contribution in [0.1, 0.15) is 23.2 Å². The first-order valence-electron chi connectivity index (χ1n) is 6.06. The minimum absolute atomic E-state index is 0.0544. The monoisotopic (exact) mass is 271 g/mol. The lowest BCUT2D eigenvalue weighted by molar-refractivity contribution is 0.0395. The number of rotatable bonds is 5. The Balaban J connectivity index is 1.92. The van der Waals surface area contributed by atoms with Crippen LogP contribution in [0.4, 0.5) is 0 Å². The molecule has 0 saturated carbocycles. The second-order valence-corrected chi connectivity index (χ2v) is 4.04. The van der Waals surface area contributed by atoms with E-state index in [-0.39, 0.29) is 12.4 Å². The summed E-state index contributed by atoms with van der Waals surface area (Å²) < 4.78 is 15.6. The van der Waals surface area contributed by atoms with Crippen LogP contribution in [0.5, 0.6) is 5.75 Å². The van der Waals surface area contributed by atoms with E-state index in [0.717, 1.165) is 0 Å². The highest BCUT2D eigenvalue weighted by Gasteiger charge is 2.15. The third-order valence-corrected chi connectivity index (χ3v) is 2.45. The maximum atomic E-state index is 11.6. The van der Waals surface area contributed by atoms with E-state index in [2.05, 4.69) is 0 Å². The molecule has 0 spiro atoms. The van der Waals surface area contributed by atoms with Crippen LogP contribution in [0.3, 0.4) is 0 Å². The van der Waals surface area contributed by atoms with Gasteiger partial charge in [0.2, 0.25) is 5.76 Å². The highest BCUT2D eigenvalue weighted by atomic mass is 16.6. The first kappa shape index (κ1) is 13.7. The fourth-order valence-corrected chi connectivity index (χ4v) is 1.48. The average Bonchev–Trinajstić information content (AvgIpc) is 2.95. The van der Waals surface area contributed by atoms with Crippen molar-refractivity contribution >= 4 is 5.97 Å². The molecule has 0 amide bonds. The summed E-state index contributed by atoms with van der Waals surface area (Å²) in [6.07, 6.45) is -0.809. The molecule has 0 aliphatic rings. The Morgan fingerprint density at radius 1 is 1.30 bits per heavy atom. The molecular formula is C15H13NO4. The van der Waals surface area contributed by atoms with Gasteiger partial charge in [-0.3, -0.25) is 0 Å². The summed E-state index contributed by atoms with van der Waals surface area (Å²) in [7, 11) is 0. The Hall–Kier alpha value is -2.74. The Bertz CT molecular complexity index is 612. The fourth-order valence-electron chi connectivity index (χ4n) is 1.48. The van der Waals surface area contributed by atoms with Crippen LogP contribution in [0, 0.1) is 11.3 Å². The number of hydrogen-bond acceptors (Lipinski definition) is 5. The number of nitriles is 1. The van der Waals surface area contributed by atoms with Crippen molar-refractivity contribution in [1.29, 1.82) is 5.26 Å². The SMILES string of the molecule is CC(C#N)OC(=O)c1ccc(COc2ccccc2)o1. The molecule has 0 saturated heterocycles. The molecule has 0 aliphatic heterocycles. The fraction of sp³-hybridized carbons (Fsp3) is 0.200. The highest BCUT2D eigenvalue weighted by molar-refractivity contribution is 5.86. The molecular weight excluding hydrogens is 258 g/mol. The van der Waals surface area contributed by atoms with Crippen LogP contribution in [0.25, 0.3) is 0 Å². The molecule has 0 aliphatic carbocycles. The van der Waals surface area contributed by atoms with Crippen LogP contribution < -0.4 is 4.74 Å². The van der Waals surface area contributed by atoms with Crippen LogP contribution in [-0.2, 0) is 11.3 Å². The quantitative estimate of drug-likeness (QED) is 0.782. The van der Waals surface area contributed by atoms with E-state index in [9.17, 15) is 4.79 Å². The van der Waals surface area contributed by atoms with Crippen LogP contribution in [0.2, 0.25) is 0 Å². The van der Waals surface area contributed by atoms with Gasteiger partial charge in [0.1, 0.15) is 24.2 Å². The largest absolute Gasteiger partial charge is 0.486 e. The second kappa shape index (κ2) is 6.43. The van der Waals surface area contributed by atoms with E-state index in [0.29, 0.717) is 11.5 Å². The van der Waals surface area contributed by atoms with Gasteiger partial charge in [-0.15, -0.1) is 0 Å². The molecule has 1 atom stereocenters. The Labute approximate surface area is 116 Å². The van der Waals surface area contributed by atoms with Crippen LogP contribution >= 0.6 is 0 Å². The molecule has 0 fully saturated rings. The predicted octanol–water partition coefficient (Wildman–Crippen LogP) is 2.93. The van der Waals surface area contributed by atoms with Gasteiger partial charge in [-0.25, -0.2) is 4.79 Å². The summed E-state index contributed by atoms with van der Waals surface area (Å²) in [5, 5.41) is 8.57. The number of carbonyl (C=O) groups is 1. The molecule has 1 unspecified atom stereocenters. The van der Waals surface area contributed by atoms with Crippen molar-refractivity contribution in [1.82, 2.24) is 0 Å². The van der Waals surface area contributed by atoms with E-state index in [4.69, 9.17) is 19.2 Å². The van der Waals surface area contributed by atoms with Gasteiger partial charge in [0.15, 0.2) is 6.10 Å². The Morgan fingerprint density at radius 3 is 2.75 bits per heavy atom. The van der Waals surface area contributed by atoms with E-state index in [1.165, 1.54) is 13.0 Å². The molecule has 1 heterocycles. The number of hydrogen-bond donors (Lipinski definition) is 0. The Kier molecular flexibility index (Phi) is 4.40. The summed E-state index contributed by atoms with van der Waals surface area (Å²) in [6, 6.07) is 14.2. The number of furan rings is 1. The van der Waals surface area contributed by atoms with Gasteiger partial charge in [0, 0.05) is 0 Å².